The summed E-state index contributed by atoms with van der Waals surface area (Å²) in [7, 11) is 0. The first-order chi connectivity index (χ1) is 15.8. The van der Waals surface area contributed by atoms with E-state index in [-0.39, 0.29) is 0 Å². The number of anilines is 4. The van der Waals surface area contributed by atoms with E-state index >= 15 is 0 Å². The number of pyridine rings is 1. The minimum Gasteiger partial charge on any atom is -0.322 e. The van der Waals surface area contributed by atoms with Gasteiger partial charge in [0.2, 0.25) is 5.95 Å². The average Bonchev–Trinajstić information content (AvgIpc) is 2.82. The summed E-state index contributed by atoms with van der Waals surface area (Å²) >= 11 is 0. The molecular formula is C24H18F3N5O. The van der Waals surface area contributed by atoms with Gasteiger partial charge in [-0.2, -0.15) is 13.2 Å². The van der Waals surface area contributed by atoms with Crippen molar-refractivity contribution >= 4 is 28.9 Å². The molecule has 1 N–H and O–H groups in total. The van der Waals surface area contributed by atoms with Gasteiger partial charge in [-0.15, -0.1) is 0 Å². The molecule has 0 atom stereocenters. The minimum atomic E-state index is -4.64. The van der Waals surface area contributed by atoms with Crippen molar-refractivity contribution in [3.8, 4) is 0 Å². The van der Waals surface area contributed by atoms with Gasteiger partial charge < -0.3 is 5.32 Å². The summed E-state index contributed by atoms with van der Waals surface area (Å²) in [4.78, 5) is 27.2. The number of carbonyl (C=O) groups is 1. The molecule has 0 saturated carbocycles. The first-order valence-corrected chi connectivity index (χ1v) is 9.90. The maximum atomic E-state index is 13.3. The summed E-state index contributed by atoms with van der Waals surface area (Å²) in [5, 5.41) is 2.58. The van der Waals surface area contributed by atoms with Crippen molar-refractivity contribution in [1.82, 2.24) is 15.0 Å². The van der Waals surface area contributed by atoms with Gasteiger partial charge in [-0.25, -0.2) is 9.97 Å². The van der Waals surface area contributed by atoms with E-state index in [1.807, 2.05) is 6.92 Å². The number of nitrogens with zero attached hydrogens (tertiary/aromatic N) is 4. The number of benzene rings is 2. The fraction of sp³-hybridized carbons (Fsp3) is 0.0833. The number of hydrogen-bond donors (Lipinski definition) is 1. The Kier molecular flexibility index (Phi) is 6.03. The maximum absolute atomic E-state index is 13.3. The van der Waals surface area contributed by atoms with Gasteiger partial charge in [-0.05, 0) is 55.0 Å². The van der Waals surface area contributed by atoms with Crippen molar-refractivity contribution in [3.63, 3.8) is 0 Å². The van der Waals surface area contributed by atoms with E-state index in [1.54, 1.807) is 66.1 Å². The van der Waals surface area contributed by atoms with E-state index in [4.69, 9.17) is 0 Å². The Bertz CT molecular complexity index is 1220. The zero-order chi connectivity index (χ0) is 23.4. The molecule has 0 spiro atoms. The topological polar surface area (TPSA) is 71.0 Å². The summed E-state index contributed by atoms with van der Waals surface area (Å²) in [5.41, 5.74) is 1.09. The monoisotopic (exact) mass is 449 g/mol. The molecule has 0 unspecified atom stereocenters. The molecule has 1 amide bonds. The van der Waals surface area contributed by atoms with Gasteiger partial charge in [0.25, 0.3) is 5.91 Å². The van der Waals surface area contributed by atoms with Crippen molar-refractivity contribution in [3.05, 3.63) is 102 Å². The average molecular weight is 449 g/mol. The molecule has 2 heterocycles. The summed E-state index contributed by atoms with van der Waals surface area (Å²) in [6.45, 7) is 1.87. The van der Waals surface area contributed by atoms with Gasteiger partial charge in [0.15, 0.2) is 0 Å². The highest BCUT2D eigenvalue weighted by Crippen LogP contribution is 2.36. The molecular weight excluding hydrogens is 431 g/mol. The van der Waals surface area contributed by atoms with Crippen LogP contribution in [0.3, 0.4) is 0 Å². The van der Waals surface area contributed by atoms with Gasteiger partial charge in [0.1, 0.15) is 0 Å². The Hall–Kier alpha value is -4.27. The molecule has 4 aromatic rings. The van der Waals surface area contributed by atoms with Crippen LogP contribution in [-0.4, -0.2) is 20.9 Å². The molecule has 2 aromatic heterocycles. The number of carbonyl (C=O) groups excluding carboxylic acids is 1. The molecule has 0 aliphatic carbocycles. The number of hydrogen-bond acceptors (Lipinski definition) is 5. The highest BCUT2D eigenvalue weighted by molar-refractivity contribution is 6.05. The minimum absolute atomic E-state index is 0.326. The van der Waals surface area contributed by atoms with Crippen LogP contribution in [0.25, 0.3) is 0 Å². The molecule has 0 fully saturated rings. The Morgan fingerprint density at radius 2 is 1.61 bits per heavy atom. The predicted octanol–water partition coefficient (Wildman–Crippen LogP) is 5.92. The van der Waals surface area contributed by atoms with E-state index in [0.29, 0.717) is 17.3 Å². The van der Waals surface area contributed by atoms with E-state index in [9.17, 15) is 18.0 Å². The summed E-state index contributed by atoms with van der Waals surface area (Å²) in [6, 6.07) is 15.0. The van der Waals surface area contributed by atoms with Crippen LogP contribution in [0, 0.1) is 6.92 Å². The Balaban J connectivity index is 1.73. The zero-order valence-corrected chi connectivity index (χ0v) is 17.4. The largest absolute Gasteiger partial charge is 0.417 e. The molecule has 9 heteroatoms. The van der Waals surface area contributed by atoms with Crippen LogP contribution < -0.4 is 10.2 Å². The predicted molar refractivity (Wildman–Crippen MR) is 119 cm³/mol. The van der Waals surface area contributed by atoms with E-state index in [2.05, 4.69) is 20.3 Å². The Morgan fingerprint density at radius 3 is 2.30 bits per heavy atom. The second-order valence-corrected chi connectivity index (χ2v) is 7.09. The van der Waals surface area contributed by atoms with Gasteiger partial charge in [0.05, 0.1) is 22.5 Å². The lowest BCUT2D eigenvalue weighted by molar-refractivity contribution is -0.137. The first kappa shape index (κ1) is 21.9. The lowest BCUT2D eigenvalue weighted by atomic mass is 10.1. The van der Waals surface area contributed by atoms with Crippen LogP contribution in [0.4, 0.5) is 36.2 Å². The first-order valence-electron chi connectivity index (χ1n) is 9.90. The molecule has 166 valence electrons. The number of rotatable bonds is 5. The van der Waals surface area contributed by atoms with Crippen molar-refractivity contribution < 1.29 is 18.0 Å². The van der Waals surface area contributed by atoms with E-state index in [1.165, 1.54) is 12.1 Å². The smallest absolute Gasteiger partial charge is 0.322 e. The number of halogens is 3. The highest BCUT2D eigenvalue weighted by Gasteiger charge is 2.34. The van der Waals surface area contributed by atoms with Crippen LogP contribution in [0.1, 0.15) is 21.5 Å². The number of aromatic nitrogens is 3. The lowest BCUT2D eigenvalue weighted by Crippen LogP contribution is -2.19. The Labute approximate surface area is 187 Å². The van der Waals surface area contributed by atoms with Crippen LogP contribution in [0.15, 0.2) is 85.5 Å². The van der Waals surface area contributed by atoms with Crippen molar-refractivity contribution in [2.45, 2.75) is 13.1 Å². The fourth-order valence-electron chi connectivity index (χ4n) is 3.32. The summed E-state index contributed by atoms with van der Waals surface area (Å²) in [6.07, 6.45) is 1.81. The molecule has 0 aliphatic rings. The van der Waals surface area contributed by atoms with Crippen molar-refractivity contribution in [2.75, 3.05) is 10.2 Å². The van der Waals surface area contributed by atoms with E-state index in [0.717, 1.165) is 23.4 Å². The van der Waals surface area contributed by atoms with Crippen molar-refractivity contribution in [1.29, 1.82) is 0 Å². The van der Waals surface area contributed by atoms with Crippen LogP contribution in [-0.2, 0) is 6.18 Å². The zero-order valence-electron chi connectivity index (χ0n) is 17.4. The molecule has 0 aliphatic heterocycles. The molecule has 0 saturated heterocycles. The third-order valence-corrected chi connectivity index (χ3v) is 4.86. The van der Waals surface area contributed by atoms with Gasteiger partial charge in [-0.3, -0.25) is 14.7 Å². The second-order valence-electron chi connectivity index (χ2n) is 7.09. The lowest BCUT2D eigenvalue weighted by Gasteiger charge is -2.25. The SMILES string of the molecule is Cc1ccc(NC(=O)c2ccccc2C(F)(F)F)cc1N(c1ccncc1)c1ncccn1. The highest BCUT2D eigenvalue weighted by atomic mass is 19.4. The normalized spacial score (nSPS) is 11.2. The van der Waals surface area contributed by atoms with Gasteiger partial charge in [-0.1, -0.05) is 18.2 Å². The Morgan fingerprint density at radius 1 is 0.909 bits per heavy atom. The molecule has 2 aromatic carbocycles. The third-order valence-electron chi connectivity index (χ3n) is 4.86. The molecule has 33 heavy (non-hydrogen) atoms. The number of amides is 1. The van der Waals surface area contributed by atoms with Crippen LogP contribution in [0.2, 0.25) is 0 Å². The number of nitrogens with one attached hydrogen (secondary N) is 1. The van der Waals surface area contributed by atoms with Crippen LogP contribution in [0.5, 0.6) is 0 Å². The molecule has 0 bridgehead atoms. The molecule has 0 radical (unpaired) electrons. The fourth-order valence-corrected chi connectivity index (χ4v) is 3.32. The standard InChI is InChI=1S/C24H18F3N5O/c1-16-7-8-17(31-22(33)19-5-2-3-6-20(19)24(25,26)27)15-21(16)32(18-9-13-28-14-10-18)23-29-11-4-12-30-23/h2-15H,1H3,(H,31,33). The quantitative estimate of drug-likeness (QED) is 0.410. The van der Waals surface area contributed by atoms with Crippen LogP contribution >= 0.6 is 0 Å². The van der Waals surface area contributed by atoms with Gasteiger partial charge >= 0.3 is 6.18 Å². The second kappa shape index (κ2) is 9.07. The molecule has 4 rings (SSSR count). The third kappa shape index (κ3) is 4.82. The molecule has 6 nitrogen and oxygen atoms in total. The maximum Gasteiger partial charge on any atom is 0.417 e. The van der Waals surface area contributed by atoms with Gasteiger partial charge in [0, 0.05) is 30.5 Å². The number of aryl methyl sites for hydroxylation is 1. The summed E-state index contributed by atoms with van der Waals surface area (Å²) < 4.78 is 40.0. The summed E-state index contributed by atoms with van der Waals surface area (Å²) in [5.74, 6) is -0.471. The van der Waals surface area contributed by atoms with Crippen molar-refractivity contribution in [2.24, 2.45) is 0 Å². The van der Waals surface area contributed by atoms with E-state index < -0.39 is 23.2 Å². The number of alkyl halides is 3.